The molecule has 0 atom stereocenters. The second-order valence-electron chi connectivity index (χ2n) is 7.60. The minimum absolute atomic E-state index is 0.0708. The SMILES string of the molecule is NC1=NC2(CCCCC2)N(c2cc(Cl)c(S(=O)(=O)O)cc2Oc2ccc(Cl)cc2)C(N)=N1. The maximum Gasteiger partial charge on any atom is 0.296 e. The standard InChI is InChI=1S/C20H21Cl2N5O4S/c21-12-4-6-13(7-5-12)31-16-11-17(32(28,29)30)14(22)10-15(16)27-19(24)25-18(23)26-20(27)8-2-1-3-9-20/h4-7,10-11H,1-3,8-9H2,(H,28,29,30)(H4,23,24,25,26). The van der Waals surface area contributed by atoms with Gasteiger partial charge in [0.1, 0.15) is 16.3 Å². The third-order valence-electron chi connectivity index (χ3n) is 5.43. The predicted octanol–water partition coefficient (Wildman–Crippen LogP) is 4.14. The Morgan fingerprint density at radius 3 is 2.34 bits per heavy atom. The Kier molecular flexibility index (Phi) is 5.97. The summed E-state index contributed by atoms with van der Waals surface area (Å²) in [4.78, 5) is 9.90. The van der Waals surface area contributed by atoms with Gasteiger partial charge >= 0.3 is 0 Å². The van der Waals surface area contributed by atoms with E-state index >= 15 is 0 Å². The maximum absolute atomic E-state index is 11.9. The fraction of sp³-hybridized carbons (Fsp3) is 0.300. The van der Waals surface area contributed by atoms with Gasteiger partial charge in [-0.25, -0.2) is 4.99 Å². The molecule has 1 spiro atoms. The van der Waals surface area contributed by atoms with Crippen molar-refractivity contribution in [2.75, 3.05) is 4.90 Å². The van der Waals surface area contributed by atoms with Crippen LogP contribution >= 0.6 is 23.2 Å². The smallest absolute Gasteiger partial charge is 0.296 e. The summed E-state index contributed by atoms with van der Waals surface area (Å²) in [5.41, 5.74) is 11.8. The Morgan fingerprint density at radius 1 is 1.06 bits per heavy atom. The summed E-state index contributed by atoms with van der Waals surface area (Å²) in [6.45, 7) is 0. The van der Waals surface area contributed by atoms with E-state index in [2.05, 4.69) is 9.98 Å². The quantitative estimate of drug-likeness (QED) is 0.538. The Morgan fingerprint density at radius 2 is 1.72 bits per heavy atom. The van der Waals surface area contributed by atoms with Crippen LogP contribution in [0.4, 0.5) is 5.69 Å². The average Bonchev–Trinajstić information content (AvgIpc) is 2.70. The highest BCUT2D eigenvalue weighted by Gasteiger charge is 2.44. The first-order chi connectivity index (χ1) is 15.1. The highest BCUT2D eigenvalue weighted by molar-refractivity contribution is 7.86. The van der Waals surface area contributed by atoms with Crippen molar-refractivity contribution < 1.29 is 17.7 Å². The topological polar surface area (TPSA) is 144 Å². The van der Waals surface area contributed by atoms with Gasteiger partial charge in [-0.1, -0.05) is 29.6 Å². The molecule has 0 amide bonds. The van der Waals surface area contributed by atoms with Crippen LogP contribution in [0.25, 0.3) is 0 Å². The van der Waals surface area contributed by atoms with E-state index in [-0.39, 0.29) is 22.7 Å². The molecule has 170 valence electrons. The number of aliphatic imine (C=N–C) groups is 2. The summed E-state index contributed by atoms with van der Waals surface area (Å²) in [7, 11) is -4.62. The van der Waals surface area contributed by atoms with Gasteiger partial charge in [0.25, 0.3) is 10.1 Å². The first-order valence-electron chi connectivity index (χ1n) is 9.83. The number of anilines is 1. The van der Waals surface area contributed by atoms with Crippen LogP contribution in [-0.4, -0.2) is 30.6 Å². The number of rotatable bonds is 4. The molecule has 1 aliphatic carbocycles. The number of nitrogens with two attached hydrogens (primary N) is 2. The number of halogens is 2. The van der Waals surface area contributed by atoms with Crippen molar-refractivity contribution in [2.45, 2.75) is 42.7 Å². The molecule has 4 rings (SSSR count). The van der Waals surface area contributed by atoms with E-state index in [4.69, 9.17) is 39.4 Å². The summed E-state index contributed by atoms with van der Waals surface area (Å²) < 4.78 is 39.4. The normalized spacial score (nSPS) is 18.3. The molecule has 32 heavy (non-hydrogen) atoms. The number of ether oxygens (including phenoxy) is 1. The lowest BCUT2D eigenvalue weighted by molar-refractivity contribution is 0.304. The van der Waals surface area contributed by atoms with E-state index in [1.54, 1.807) is 29.2 Å². The van der Waals surface area contributed by atoms with Crippen LogP contribution in [0.15, 0.2) is 51.3 Å². The molecule has 0 radical (unpaired) electrons. The van der Waals surface area contributed by atoms with Gasteiger partial charge in [-0.15, -0.1) is 0 Å². The van der Waals surface area contributed by atoms with E-state index in [1.165, 1.54) is 6.07 Å². The molecule has 12 heteroatoms. The first kappa shape index (κ1) is 22.7. The number of nitrogens with zero attached hydrogens (tertiary/aromatic N) is 3. The third kappa shape index (κ3) is 4.36. The van der Waals surface area contributed by atoms with Crippen molar-refractivity contribution >= 4 is 50.9 Å². The van der Waals surface area contributed by atoms with Gasteiger partial charge in [-0.05, 0) is 56.0 Å². The minimum atomic E-state index is -4.62. The summed E-state index contributed by atoms with van der Waals surface area (Å²) in [5.74, 6) is 0.619. The summed E-state index contributed by atoms with van der Waals surface area (Å²) in [5, 5.41) is 0.304. The highest BCUT2D eigenvalue weighted by Crippen LogP contribution is 2.46. The first-order valence-corrected chi connectivity index (χ1v) is 12.0. The molecule has 9 nitrogen and oxygen atoms in total. The molecular formula is C20H21Cl2N5O4S. The molecule has 1 fully saturated rings. The van der Waals surface area contributed by atoms with E-state index in [0.29, 0.717) is 29.3 Å². The zero-order valence-electron chi connectivity index (χ0n) is 16.8. The van der Waals surface area contributed by atoms with Gasteiger partial charge in [-0.2, -0.15) is 13.4 Å². The van der Waals surface area contributed by atoms with Gasteiger partial charge in [0.15, 0.2) is 5.75 Å². The largest absolute Gasteiger partial charge is 0.455 e. The Balaban J connectivity index is 1.91. The van der Waals surface area contributed by atoms with Crippen molar-refractivity contribution in [3.63, 3.8) is 0 Å². The third-order valence-corrected chi connectivity index (χ3v) is 7.00. The van der Waals surface area contributed by atoms with Gasteiger partial charge in [0.2, 0.25) is 11.9 Å². The molecule has 2 aromatic carbocycles. The van der Waals surface area contributed by atoms with E-state index < -0.39 is 20.7 Å². The number of hydrogen-bond acceptors (Lipinski definition) is 8. The summed E-state index contributed by atoms with van der Waals surface area (Å²) >= 11 is 12.2. The molecule has 0 unspecified atom stereocenters. The summed E-state index contributed by atoms with van der Waals surface area (Å²) in [6, 6.07) is 9.00. The summed E-state index contributed by atoms with van der Waals surface area (Å²) in [6.07, 6.45) is 4.14. The van der Waals surface area contributed by atoms with Crippen molar-refractivity contribution in [1.29, 1.82) is 0 Å². The lowest BCUT2D eigenvalue weighted by atomic mass is 9.87. The zero-order valence-corrected chi connectivity index (χ0v) is 19.2. The molecule has 2 aromatic rings. The van der Waals surface area contributed by atoms with E-state index in [1.807, 2.05) is 0 Å². The second-order valence-corrected chi connectivity index (χ2v) is 9.83. The molecule has 0 saturated heterocycles. The Bertz CT molecular complexity index is 1210. The van der Waals surface area contributed by atoms with Crippen LogP contribution in [0.1, 0.15) is 32.1 Å². The van der Waals surface area contributed by atoms with Crippen molar-refractivity contribution in [3.05, 3.63) is 46.4 Å². The monoisotopic (exact) mass is 497 g/mol. The average molecular weight is 498 g/mol. The fourth-order valence-electron chi connectivity index (χ4n) is 4.08. The number of hydrogen-bond donors (Lipinski definition) is 3. The molecule has 0 aromatic heterocycles. The van der Waals surface area contributed by atoms with E-state index in [0.717, 1.165) is 25.3 Å². The van der Waals surface area contributed by atoms with Gasteiger partial charge < -0.3 is 16.2 Å². The van der Waals surface area contributed by atoms with Gasteiger partial charge in [0, 0.05) is 11.1 Å². The van der Waals surface area contributed by atoms with Crippen LogP contribution in [0.3, 0.4) is 0 Å². The van der Waals surface area contributed by atoms with Crippen LogP contribution in [0, 0.1) is 0 Å². The number of guanidine groups is 2. The predicted molar refractivity (Wildman–Crippen MR) is 124 cm³/mol. The van der Waals surface area contributed by atoms with Crippen molar-refractivity contribution in [2.24, 2.45) is 21.5 Å². The van der Waals surface area contributed by atoms with E-state index in [9.17, 15) is 13.0 Å². The molecule has 5 N–H and O–H groups in total. The molecule has 1 heterocycles. The molecule has 1 saturated carbocycles. The lowest BCUT2D eigenvalue weighted by Crippen LogP contribution is -2.58. The van der Waals surface area contributed by atoms with Crippen molar-refractivity contribution in [3.8, 4) is 11.5 Å². The molecule has 0 bridgehead atoms. The second kappa shape index (κ2) is 8.43. The van der Waals surface area contributed by atoms with Crippen LogP contribution in [0.2, 0.25) is 10.0 Å². The zero-order chi connectivity index (χ0) is 23.1. The van der Waals surface area contributed by atoms with Crippen molar-refractivity contribution in [1.82, 2.24) is 0 Å². The van der Waals surface area contributed by atoms with Gasteiger partial charge in [0.05, 0.1) is 10.7 Å². The maximum atomic E-state index is 11.9. The highest BCUT2D eigenvalue weighted by atomic mass is 35.5. The van der Waals surface area contributed by atoms with Crippen LogP contribution in [-0.2, 0) is 10.1 Å². The number of benzene rings is 2. The molecule has 2 aliphatic rings. The molecular weight excluding hydrogens is 477 g/mol. The van der Waals surface area contributed by atoms with Crippen LogP contribution < -0.4 is 21.1 Å². The lowest BCUT2D eigenvalue weighted by Gasteiger charge is -2.46. The van der Waals surface area contributed by atoms with Crippen LogP contribution in [0.5, 0.6) is 11.5 Å². The van der Waals surface area contributed by atoms with Gasteiger partial charge in [-0.3, -0.25) is 9.45 Å². The Labute approximate surface area is 195 Å². The fourth-order valence-corrected chi connectivity index (χ4v) is 5.22. The minimum Gasteiger partial charge on any atom is -0.455 e. The molecule has 1 aliphatic heterocycles. The Hall–Kier alpha value is -2.53.